The van der Waals surface area contributed by atoms with E-state index >= 15 is 0 Å². The van der Waals surface area contributed by atoms with E-state index in [-0.39, 0.29) is 22.8 Å². The lowest BCUT2D eigenvalue weighted by Crippen LogP contribution is -2.37. The number of carbonyl (C=O) groups is 1. The van der Waals surface area contributed by atoms with E-state index in [0.717, 1.165) is 35.9 Å². The van der Waals surface area contributed by atoms with Crippen LogP contribution in [0.25, 0.3) is 0 Å². The molecule has 0 radical (unpaired) electrons. The van der Waals surface area contributed by atoms with Crippen LogP contribution in [0.5, 0.6) is 0 Å². The van der Waals surface area contributed by atoms with Crippen LogP contribution in [0.1, 0.15) is 49.8 Å². The van der Waals surface area contributed by atoms with Crippen molar-refractivity contribution >= 4 is 17.7 Å². The molecule has 0 aliphatic carbocycles. The molecule has 1 N–H and O–H groups in total. The van der Waals surface area contributed by atoms with Gasteiger partial charge in [-0.1, -0.05) is 56.3 Å². The molecule has 7 heteroatoms. The molecule has 0 spiro atoms. The van der Waals surface area contributed by atoms with E-state index < -0.39 is 23.3 Å². The number of ether oxygens (including phenoxy) is 1. The summed E-state index contributed by atoms with van der Waals surface area (Å²) in [4.78, 5) is 12.9. The maximum atomic E-state index is 12.8. The van der Waals surface area contributed by atoms with E-state index in [4.69, 9.17) is 4.74 Å². The molecule has 1 atom stereocenters. The van der Waals surface area contributed by atoms with Crippen LogP contribution >= 0.6 is 11.8 Å². The summed E-state index contributed by atoms with van der Waals surface area (Å²) < 4.78 is 44.1. The lowest BCUT2D eigenvalue weighted by molar-refractivity contribution is -0.160. The fourth-order valence-corrected chi connectivity index (χ4v) is 4.43. The largest absolute Gasteiger partial charge is 0.511 e. The highest BCUT2D eigenvalue weighted by Crippen LogP contribution is 2.44. The van der Waals surface area contributed by atoms with Crippen LogP contribution in [0, 0.1) is 5.92 Å². The third-order valence-corrected chi connectivity index (χ3v) is 6.45. The number of halogens is 3. The zero-order valence-electron chi connectivity index (χ0n) is 17.4. The van der Waals surface area contributed by atoms with Crippen molar-refractivity contribution in [2.75, 3.05) is 0 Å². The number of alkyl halides is 3. The number of benzene rings is 2. The van der Waals surface area contributed by atoms with E-state index in [1.54, 1.807) is 0 Å². The van der Waals surface area contributed by atoms with Gasteiger partial charge in [-0.05, 0) is 42.0 Å². The summed E-state index contributed by atoms with van der Waals surface area (Å²) in [5.74, 6) is 0.00615. The Morgan fingerprint density at radius 3 is 2.29 bits per heavy atom. The van der Waals surface area contributed by atoms with Gasteiger partial charge in [0, 0.05) is 5.75 Å². The zero-order chi connectivity index (χ0) is 22.6. The molecular formula is C24H25F3O3S. The maximum Gasteiger partial charge on any atom is 0.416 e. The number of esters is 1. The van der Waals surface area contributed by atoms with Crippen molar-refractivity contribution in [3.8, 4) is 0 Å². The first-order valence-corrected chi connectivity index (χ1v) is 11.1. The van der Waals surface area contributed by atoms with E-state index in [1.165, 1.54) is 12.1 Å². The van der Waals surface area contributed by atoms with Crippen molar-refractivity contribution in [2.45, 2.75) is 50.6 Å². The van der Waals surface area contributed by atoms with Gasteiger partial charge < -0.3 is 9.84 Å². The average Bonchev–Trinajstić information content (AvgIpc) is 2.72. The van der Waals surface area contributed by atoms with Crippen molar-refractivity contribution in [2.24, 2.45) is 5.92 Å². The molecule has 0 bridgehead atoms. The van der Waals surface area contributed by atoms with Crippen molar-refractivity contribution in [3.63, 3.8) is 0 Å². The highest BCUT2D eigenvalue weighted by Gasteiger charge is 2.43. The Labute approximate surface area is 184 Å². The molecule has 0 amide bonds. The quantitative estimate of drug-likeness (QED) is 0.462. The smallest absolute Gasteiger partial charge is 0.416 e. The molecule has 0 saturated carbocycles. The molecule has 0 fully saturated rings. The van der Waals surface area contributed by atoms with E-state index in [2.05, 4.69) is 13.8 Å². The number of rotatable bonds is 7. The molecule has 2 aromatic rings. The molecule has 1 aliphatic rings. The standard InChI is InChI=1S/C24H25F3O3S/c1-16(2)12-13-23(18-6-4-3-5-7-18)14-20(28)21(22(29)30-23)31-15-17-8-10-19(11-9-17)24(25,26)27/h3-11,16,28H,12-15H2,1-2H3. The van der Waals surface area contributed by atoms with Crippen molar-refractivity contribution in [3.05, 3.63) is 82.0 Å². The Morgan fingerprint density at radius 2 is 1.74 bits per heavy atom. The molecule has 31 heavy (non-hydrogen) atoms. The van der Waals surface area contributed by atoms with Crippen LogP contribution in [0.4, 0.5) is 13.2 Å². The summed E-state index contributed by atoms with van der Waals surface area (Å²) >= 11 is 1.07. The second-order valence-electron chi connectivity index (χ2n) is 8.12. The third kappa shape index (κ3) is 5.64. The Hall–Kier alpha value is -2.41. The van der Waals surface area contributed by atoms with Gasteiger partial charge in [0.1, 0.15) is 16.3 Å². The number of aliphatic hydroxyl groups is 1. The fourth-order valence-electron chi connectivity index (χ4n) is 3.52. The summed E-state index contributed by atoms with van der Waals surface area (Å²) in [5, 5.41) is 10.7. The summed E-state index contributed by atoms with van der Waals surface area (Å²) in [6.45, 7) is 4.18. The summed E-state index contributed by atoms with van der Waals surface area (Å²) in [7, 11) is 0. The first kappa shape index (κ1) is 23.3. The van der Waals surface area contributed by atoms with Crippen LogP contribution < -0.4 is 0 Å². The van der Waals surface area contributed by atoms with Gasteiger partial charge in [-0.15, -0.1) is 11.8 Å². The molecule has 3 rings (SSSR count). The minimum atomic E-state index is -4.39. The Morgan fingerprint density at radius 1 is 1.10 bits per heavy atom. The third-order valence-electron chi connectivity index (χ3n) is 5.28. The van der Waals surface area contributed by atoms with Gasteiger partial charge >= 0.3 is 12.1 Å². The number of hydrogen-bond donors (Lipinski definition) is 1. The second-order valence-corrected chi connectivity index (χ2v) is 9.10. The van der Waals surface area contributed by atoms with Crippen LogP contribution in [0.15, 0.2) is 65.3 Å². The van der Waals surface area contributed by atoms with Crippen LogP contribution in [0.3, 0.4) is 0 Å². The normalized spacial score (nSPS) is 19.6. The average molecular weight is 451 g/mol. The Kier molecular flexibility index (Phi) is 7.04. The predicted molar refractivity (Wildman–Crippen MR) is 115 cm³/mol. The van der Waals surface area contributed by atoms with Gasteiger partial charge in [-0.2, -0.15) is 13.2 Å². The van der Waals surface area contributed by atoms with E-state index in [9.17, 15) is 23.1 Å². The van der Waals surface area contributed by atoms with Crippen LogP contribution in [0.2, 0.25) is 0 Å². The molecule has 166 valence electrons. The summed E-state index contributed by atoms with van der Waals surface area (Å²) in [5.41, 5.74) is -0.197. The first-order valence-electron chi connectivity index (χ1n) is 10.1. The zero-order valence-corrected chi connectivity index (χ0v) is 18.2. The first-order chi connectivity index (χ1) is 14.6. The number of aliphatic hydroxyl groups excluding tert-OH is 1. The fraction of sp³-hybridized carbons (Fsp3) is 0.375. The maximum absolute atomic E-state index is 12.8. The van der Waals surface area contributed by atoms with Gasteiger partial charge in [-0.3, -0.25) is 0 Å². The van der Waals surface area contributed by atoms with Crippen LogP contribution in [-0.2, 0) is 27.1 Å². The van der Waals surface area contributed by atoms with Gasteiger partial charge in [0.25, 0.3) is 0 Å². The highest BCUT2D eigenvalue weighted by molar-refractivity contribution is 8.03. The second kappa shape index (κ2) is 9.39. The van der Waals surface area contributed by atoms with Gasteiger partial charge in [0.15, 0.2) is 0 Å². The lowest BCUT2D eigenvalue weighted by atomic mass is 9.82. The van der Waals surface area contributed by atoms with Crippen molar-refractivity contribution < 1.29 is 27.8 Å². The topological polar surface area (TPSA) is 46.5 Å². The number of cyclic esters (lactones) is 1. The van der Waals surface area contributed by atoms with Gasteiger partial charge in [0.05, 0.1) is 12.0 Å². The minimum Gasteiger partial charge on any atom is -0.511 e. The van der Waals surface area contributed by atoms with Gasteiger partial charge in [0.2, 0.25) is 0 Å². The van der Waals surface area contributed by atoms with E-state index in [0.29, 0.717) is 17.9 Å². The Bertz CT molecular complexity index is 937. The molecular weight excluding hydrogens is 425 g/mol. The monoisotopic (exact) mass is 450 g/mol. The Balaban J connectivity index is 1.78. The molecule has 1 aliphatic heterocycles. The summed E-state index contributed by atoms with van der Waals surface area (Å²) in [6, 6.07) is 14.2. The highest BCUT2D eigenvalue weighted by atomic mass is 32.2. The molecule has 0 saturated heterocycles. The minimum absolute atomic E-state index is 0.0410. The predicted octanol–water partition coefficient (Wildman–Crippen LogP) is 6.99. The lowest BCUT2D eigenvalue weighted by Gasteiger charge is -2.38. The molecule has 1 unspecified atom stereocenters. The van der Waals surface area contributed by atoms with Gasteiger partial charge in [-0.25, -0.2) is 4.79 Å². The molecule has 2 aromatic carbocycles. The SMILES string of the molecule is CC(C)CCC1(c2ccccc2)CC(O)=C(SCc2ccc(C(F)(F)F)cc2)C(=O)O1. The van der Waals surface area contributed by atoms with E-state index in [1.807, 2.05) is 30.3 Å². The number of thioether (sulfide) groups is 1. The molecule has 1 heterocycles. The van der Waals surface area contributed by atoms with Crippen molar-refractivity contribution in [1.29, 1.82) is 0 Å². The molecule has 0 aromatic heterocycles. The van der Waals surface area contributed by atoms with Crippen molar-refractivity contribution in [1.82, 2.24) is 0 Å². The number of carbonyl (C=O) groups excluding carboxylic acids is 1. The summed E-state index contributed by atoms with van der Waals surface area (Å²) in [6.07, 6.45) is -2.81. The number of hydrogen-bond acceptors (Lipinski definition) is 4. The van der Waals surface area contributed by atoms with Crippen LogP contribution in [-0.4, -0.2) is 11.1 Å². The molecule has 3 nitrogen and oxygen atoms in total.